The third-order valence-corrected chi connectivity index (χ3v) is 4.50. The molecule has 1 unspecified atom stereocenters. The molecular weight excluding hydrogens is 298 g/mol. The number of anilines is 1. The lowest BCUT2D eigenvalue weighted by atomic mass is 9.83. The molecule has 128 valence electrons. The van der Waals surface area contributed by atoms with Crippen LogP contribution >= 0.6 is 0 Å². The second-order valence-corrected chi connectivity index (χ2v) is 6.40. The number of likely N-dealkylation sites (N-methyl/N-ethyl adjacent to an activating group) is 1. The standard InChI is InChI=1S/C17H26F2N4/c1-23(2)16(12-6-4-3-5-7-12)11-21-17(20)22-15-10-13(18)8-9-14(15)19/h8-10,12,16H,3-7,11H2,1-2H3,(H3,20,21,22). The summed E-state index contributed by atoms with van der Waals surface area (Å²) in [6.07, 6.45) is 6.26. The Bertz CT molecular complexity index is 539. The van der Waals surface area contributed by atoms with Crippen molar-refractivity contribution in [2.24, 2.45) is 16.6 Å². The molecule has 1 aliphatic rings. The fraction of sp³-hybridized carbons (Fsp3) is 0.588. The Morgan fingerprint density at radius 1 is 1.30 bits per heavy atom. The zero-order valence-corrected chi connectivity index (χ0v) is 13.9. The Balaban J connectivity index is 1.99. The summed E-state index contributed by atoms with van der Waals surface area (Å²) in [5.74, 6) is -0.352. The van der Waals surface area contributed by atoms with Gasteiger partial charge in [0.2, 0.25) is 0 Å². The summed E-state index contributed by atoms with van der Waals surface area (Å²) in [6, 6.07) is 3.52. The molecule has 0 aromatic heterocycles. The predicted molar refractivity (Wildman–Crippen MR) is 90.5 cm³/mol. The summed E-state index contributed by atoms with van der Waals surface area (Å²) in [5.41, 5.74) is 5.84. The maximum atomic E-state index is 13.6. The summed E-state index contributed by atoms with van der Waals surface area (Å²) in [4.78, 5) is 6.52. The zero-order valence-electron chi connectivity index (χ0n) is 13.9. The Kier molecular flexibility index (Phi) is 6.33. The summed E-state index contributed by atoms with van der Waals surface area (Å²) < 4.78 is 26.8. The van der Waals surface area contributed by atoms with Crippen molar-refractivity contribution in [2.75, 3.05) is 26.0 Å². The molecule has 0 aliphatic heterocycles. The van der Waals surface area contributed by atoms with E-state index in [9.17, 15) is 8.78 Å². The second kappa shape index (κ2) is 8.24. The van der Waals surface area contributed by atoms with Gasteiger partial charge in [-0.2, -0.15) is 0 Å². The summed E-state index contributed by atoms with van der Waals surface area (Å²) >= 11 is 0. The van der Waals surface area contributed by atoms with E-state index in [1.807, 2.05) is 14.1 Å². The van der Waals surface area contributed by atoms with E-state index < -0.39 is 11.6 Å². The van der Waals surface area contributed by atoms with Crippen molar-refractivity contribution in [1.82, 2.24) is 4.90 Å². The molecule has 0 heterocycles. The predicted octanol–water partition coefficient (Wildman–Crippen LogP) is 3.20. The minimum atomic E-state index is -0.555. The first-order valence-corrected chi connectivity index (χ1v) is 8.16. The molecule has 0 bridgehead atoms. The second-order valence-electron chi connectivity index (χ2n) is 6.40. The van der Waals surface area contributed by atoms with E-state index >= 15 is 0 Å². The van der Waals surface area contributed by atoms with Gasteiger partial charge in [0.1, 0.15) is 11.6 Å². The van der Waals surface area contributed by atoms with Crippen molar-refractivity contribution in [2.45, 2.75) is 38.1 Å². The van der Waals surface area contributed by atoms with E-state index in [1.54, 1.807) is 0 Å². The molecule has 6 heteroatoms. The first kappa shape index (κ1) is 17.7. The minimum absolute atomic E-state index is 0.00493. The van der Waals surface area contributed by atoms with Crippen molar-refractivity contribution >= 4 is 11.6 Å². The Morgan fingerprint density at radius 3 is 2.65 bits per heavy atom. The fourth-order valence-electron chi connectivity index (χ4n) is 3.22. The van der Waals surface area contributed by atoms with Gasteiger partial charge in [-0.15, -0.1) is 0 Å². The lowest BCUT2D eigenvalue weighted by molar-refractivity contribution is 0.176. The van der Waals surface area contributed by atoms with E-state index in [-0.39, 0.29) is 11.6 Å². The Hall–Kier alpha value is -1.69. The van der Waals surface area contributed by atoms with Gasteiger partial charge in [-0.1, -0.05) is 19.3 Å². The molecule has 1 saturated carbocycles. The number of halogens is 2. The van der Waals surface area contributed by atoms with Crippen LogP contribution in [-0.4, -0.2) is 37.5 Å². The van der Waals surface area contributed by atoms with Gasteiger partial charge < -0.3 is 16.0 Å². The molecule has 23 heavy (non-hydrogen) atoms. The molecule has 1 fully saturated rings. The number of hydrogen-bond donors (Lipinski definition) is 2. The van der Waals surface area contributed by atoms with Gasteiger partial charge in [-0.3, -0.25) is 4.99 Å². The van der Waals surface area contributed by atoms with E-state index in [0.29, 0.717) is 18.5 Å². The highest BCUT2D eigenvalue weighted by atomic mass is 19.1. The third-order valence-electron chi connectivity index (χ3n) is 4.50. The Labute approximate surface area is 136 Å². The normalized spacial score (nSPS) is 18.2. The molecule has 4 nitrogen and oxygen atoms in total. The van der Waals surface area contributed by atoms with Crippen LogP contribution in [-0.2, 0) is 0 Å². The van der Waals surface area contributed by atoms with Crippen molar-refractivity contribution < 1.29 is 8.78 Å². The van der Waals surface area contributed by atoms with E-state index in [1.165, 1.54) is 32.1 Å². The molecule has 0 radical (unpaired) electrons. The summed E-state index contributed by atoms with van der Waals surface area (Å²) in [7, 11) is 4.09. The number of nitrogens with zero attached hydrogens (tertiary/aromatic N) is 2. The van der Waals surface area contributed by atoms with E-state index in [0.717, 1.165) is 18.2 Å². The number of aliphatic imine (C=N–C) groups is 1. The van der Waals surface area contributed by atoms with Crippen molar-refractivity contribution in [3.05, 3.63) is 29.8 Å². The van der Waals surface area contributed by atoms with Crippen molar-refractivity contribution in [3.63, 3.8) is 0 Å². The highest BCUT2D eigenvalue weighted by molar-refractivity contribution is 5.92. The maximum absolute atomic E-state index is 13.6. The largest absolute Gasteiger partial charge is 0.370 e. The third kappa shape index (κ3) is 5.16. The van der Waals surface area contributed by atoms with E-state index in [4.69, 9.17) is 5.73 Å². The van der Waals surface area contributed by atoms with Crippen LogP contribution in [0.2, 0.25) is 0 Å². The number of nitrogens with two attached hydrogens (primary N) is 1. The molecule has 1 aromatic carbocycles. The van der Waals surface area contributed by atoms with Crippen LogP contribution in [0.1, 0.15) is 32.1 Å². The van der Waals surface area contributed by atoms with Gasteiger partial charge in [0.15, 0.2) is 5.96 Å². The van der Waals surface area contributed by atoms with Crippen LogP contribution < -0.4 is 11.1 Å². The molecule has 0 spiro atoms. The quantitative estimate of drug-likeness (QED) is 0.646. The number of nitrogens with one attached hydrogen (secondary N) is 1. The molecule has 1 aromatic rings. The van der Waals surface area contributed by atoms with Crippen molar-refractivity contribution in [1.29, 1.82) is 0 Å². The smallest absolute Gasteiger partial charge is 0.193 e. The monoisotopic (exact) mass is 324 g/mol. The number of hydrogen-bond acceptors (Lipinski definition) is 2. The highest BCUT2D eigenvalue weighted by Crippen LogP contribution is 2.28. The van der Waals surface area contributed by atoms with Crippen LogP contribution in [0.4, 0.5) is 14.5 Å². The molecule has 0 saturated heterocycles. The zero-order chi connectivity index (χ0) is 16.8. The number of guanidine groups is 1. The van der Waals surface area contributed by atoms with Crippen molar-refractivity contribution in [3.8, 4) is 0 Å². The van der Waals surface area contributed by atoms with Crippen LogP contribution in [0.15, 0.2) is 23.2 Å². The van der Waals surface area contributed by atoms with Gasteiger partial charge in [-0.25, -0.2) is 8.78 Å². The lowest BCUT2D eigenvalue weighted by Crippen LogP contribution is -2.39. The van der Waals surface area contributed by atoms with Crippen LogP contribution in [0.3, 0.4) is 0 Å². The highest BCUT2D eigenvalue weighted by Gasteiger charge is 2.25. The van der Waals surface area contributed by atoms with E-state index in [2.05, 4.69) is 15.2 Å². The Morgan fingerprint density at radius 2 is 2.00 bits per heavy atom. The fourth-order valence-corrected chi connectivity index (χ4v) is 3.22. The molecule has 2 rings (SSSR count). The van der Waals surface area contributed by atoms with Gasteiger partial charge >= 0.3 is 0 Å². The molecule has 0 amide bonds. The molecule has 1 aliphatic carbocycles. The van der Waals surface area contributed by atoms with Gasteiger partial charge in [0.05, 0.1) is 12.2 Å². The van der Waals surface area contributed by atoms with Gasteiger partial charge in [0.25, 0.3) is 0 Å². The number of benzene rings is 1. The lowest BCUT2D eigenvalue weighted by Gasteiger charge is -2.33. The summed E-state index contributed by atoms with van der Waals surface area (Å²) in [5, 5.41) is 2.64. The van der Waals surface area contributed by atoms with Gasteiger partial charge in [-0.05, 0) is 45.0 Å². The average Bonchev–Trinajstić information content (AvgIpc) is 2.52. The molecule has 1 atom stereocenters. The SMILES string of the molecule is CN(C)C(CN=C(N)Nc1cc(F)ccc1F)C1CCCCC1. The van der Waals surface area contributed by atoms with Crippen LogP contribution in [0.5, 0.6) is 0 Å². The molecule has 3 N–H and O–H groups in total. The number of rotatable bonds is 5. The first-order chi connectivity index (χ1) is 11.0. The minimum Gasteiger partial charge on any atom is -0.370 e. The first-order valence-electron chi connectivity index (χ1n) is 8.16. The van der Waals surface area contributed by atoms with Crippen LogP contribution in [0, 0.1) is 17.6 Å². The van der Waals surface area contributed by atoms with Crippen LogP contribution in [0.25, 0.3) is 0 Å². The maximum Gasteiger partial charge on any atom is 0.193 e. The topological polar surface area (TPSA) is 53.6 Å². The average molecular weight is 324 g/mol. The molecular formula is C17H26F2N4. The summed E-state index contributed by atoms with van der Waals surface area (Å²) in [6.45, 7) is 0.549. The van der Waals surface area contributed by atoms with Gasteiger partial charge in [0, 0.05) is 12.1 Å².